The third-order valence-corrected chi connectivity index (χ3v) is 4.12. The van der Waals surface area contributed by atoms with Gasteiger partial charge in [-0.25, -0.2) is 0 Å². The van der Waals surface area contributed by atoms with Crippen molar-refractivity contribution >= 4 is 33.4 Å². The van der Waals surface area contributed by atoms with E-state index in [0.717, 1.165) is 22.1 Å². The Morgan fingerprint density at radius 1 is 1.12 bits per heavy atom. The Labute approximate surface area is 155 Å². The Bertz CT molecular complexity index is 732. The van der Waals surface area contributed by atoms with Crippen molar-refractivity contribution in [2.75, 3.05) is 11.9 Å². The van der Waals surface area contributed by atoms with Gasteiger partial charge in [0.2, 0.25) is 5.91 Å². The lowest BCUT2D eigenvalue weighted by Gasteiger charge is -2.15. The van der Waals surface area contributed by atoms with Gasteiger partial charge < -0.3 is 15.4 Å². The van der Waals surface area contributed by atoms with Crippen LogP contribution in [-0.2, 0) is 16.0 Å². The van der Waals surface area contributed by atoms with Crippen LogP contribution in [-0.4, -0.2) is 24.5 Å². The Kier molecular flexibility index (Phi) is 7.01. The molecule has 0 saturated carbocycles. The van der Waals surface area contributed by atoms with E-state index in [-0.39, 0.29) is 18.4 Å². The van der Waals surface area contributed by atoms with E-state index in [1.807, 2.05) is 43.3 Å². The normalized spacial score (nSPS) is 11.5. The number of hydrogen-bond donors (Lipinski definition) is 2. The average molecular weight is 405 g/mol. The molecule has 0 aliphatic carbocycles. The van der Waals surface area contributed by atoms with Crippen molar-refractivity contribution in [2.24, 2.45) is 0 Å². The minimum Gasteiger partial charge on any atom is -0.481 e. The number of hydrogen-bond acceptors (Lipinski definition) is 3. The fraction of sp³-hybridized carbons (Fsp3) is 0.263. The fourth-order valence-electron chi connectivity index (χ4n) is 2.23. The van der Waals surface area contributed by atoms with Gasteiger partial charge >= 0.3 is 0 Å². The lowest BCUT2D eigenvalue weighted by Crippen LogP contribution is -2.40. The Balaban J connectivity index is 1.82. The van der Waals surface area contributed by atoms with Crippen molar-refractivity contribution in [3.8, 4) is 5.75 Å². The van der Waals surface area contributed by atoms with Gasteiger partial charge in [0.25, 0.3) is 5.91 Å². The zero-order valence-electron chi connectivity index (χ0n) is 14.2. The molecule has 0 aliphatic heterocycles. The second-order valence-corrected chi connectivity index (χ2v) is 6.41. The molecule has 2 amide bonds. The summed E-state index contributed by atoms with van der Waals surface area (Å²) >= 11 is 3.34. The average Bonchev–Trinajstić information content (AvgIpc) is 2.62. The highest BCUT2D eigenvalue weighted by atomic mass is 79.9. The van der Waals surface area contributed by atoms with Gasteiger partial charge in [0, 0.05) is 10.2 Å². The first kappa shape index (κ1) is 19.0. The van der Waals surface area contributed by atoms with Gasteiger partial charge in [-0.15, -0.1) is 0 Å². The second kappa shape index (κ2) is 9.22. The molecule has 0 saturated heterocycles. The number of aryl methyl sites for hydroxylation is 1. The molecular weight excluding hydrogens is 384 g/mol. The maximum atomic E-state index is 12.1. The number of nitrogens with one attached hydrogen (secondary N) is 2. The molecule has 2 aromatic carbocycles. The van der Waals surface area contributed by atoms with Crippen molar-refractivity contribution < 1.29 is 14.3 Å². The summed E-state index contributed by atoms with van der Waals surface area (Å²) in [5.41, 5.74) is 1.82. The lowest BCUT2D eigenvalue weighted by atomic mass is 10.1. The molecule has 2 aromatic rings. The van der Waals surface area contributed by atoms with E-state index in [4.69, 9.17) is 4.74 Å². The number of ether oxygens (including phenoxy) is 1. The van der Waals surface area contributed by atoms with Crippen LogP contribution in [0, 0.1) is 0 Å². The number of amides is 2. The fourth-order valence-corrected chi connectivity index (χ4v) is 2.49. The number of rotatable bonds is 7. The summed E-state index contributed by atoms with van der Waals surface area (Å²) < 4.78 is 6.49. The first-order valence-corrected chi connectivity index (χ1v) is 8.86. The number of carbonyl (C=O) groups is 2. The first-order valence-electron chi connectivity index (χ1n) is 8.07. The zero-order chi connectivity index (χ0) is 18.2. The number of halogens is 1. The molecule has 1 atom stereocenters. The highest BCUT2D eigenvalue weighted by Crippen LogP contribution is 2.17. The van der Waals surface area contributed by atoms with Crippen molar-refractivity contribution in [1.82, 2.24) is 5.32 Å². The molecule has 0 aliphatic rings. The van der Waals surface area contributed by atoms with Gasteiger partial charge in [-0.2, -0.15) is 0 Å². The Morgan fingerprint density at radius 2 is 1.80 bits per heavy atom. The van der Waals surface area contributed by atoms with Crippen LogP contribution in [0.1, 0.15) is 19.4 Å². The van der Waals surface area contributed by atoms with Crippen molar-refractivity contribution in [3.05, 3.63) is 58.6 Å². The maximum Gasteiger partial charge on any atom is 0.261 e. The summed E-state index contributed by atoms with van der Waals surface area (Å²) in [7, 11) is 0. The number of anilines is 1. The molecule has 25 heavy (non-hydrogen) atoms. The highest BCUT2D eigenvalue weighted by Gasteiger charge is 2.16. The molecule has 0 bridgehead atoms. The quantitative estimate of drug-likeness (QED) is 0.741. The van der Waals surface area contributed by atoms with E-state index in [1.54, 1.807) is 19.1 Å². The van der Waals surface area contributed by atoms with E-state index in [0.29, 0.717) is 5.75 Å². The molecule has 0 fully saturated rings. The van der Waals surface area contributed by atoms with Crippen LogP contribution >= 0.6 is 15.9 Å². The van der Waals surface area contributed by atoms with Gasteiger partial charge in [0.1, 0.15) is 5.75 Å². The Hall–Kier alpha value is -2.34. The minimum absolute atomic E-state index is 0.106. The minimum atomic E-state index is -0.697. The molecule has 0 aromatic heterocycles. The summed E-state index contributed by atoms with van der Waals surface area (Å²) in [4.78, 5) is 24.1. The molecule has 2 N–H and O–H groups in total. The van der Waals surface area contributed by atoms with Gasteiger partial charge in [-0.05, 0) is 49.2 Å². The molecule has 1 unspecified atom stereocenters. The first-order chi connectivity index (χ1) is 12.0. The van der Waals surface area contributed by atoms with Gasteiger partial charge in [0.15, 0.2) is 6.10 Å². The molecule has 6 heteroatoms. The van der Waals surface area contributed by atoms with E-state index in [1.165, 1.54) is 0 Å². The van der Waals surface area contributed by atoms with Crippen LogP contribution in [0.15, 0.2) is 53.0 Å². The van der Waals surface area contributed by atoms with Gasteiger partial charge in [0.05, 0.1) is 6.54 Å². The van der Waals surface area contributed by atoms with E-state index in [9.17, 15) is 9.59 Å². The van der Waals surface area contributed by atoms with Gasteiger partial charge in [-0.1, -0.05) is 41.1 Å². The third kappa shape index (κ3) is 5.90. The summed E-state index contributed by atoms with van der Waals surface area (Å²) in [6, 6.07) is 14.8. The summed E-state index contributed by atoms with van der Waals surface area (Å²) in [5, 5.41) is 5.40. The summed E-state index contributed by atoms with van der Waals surface area (Å²) in [6.45, 7) is 3.56. The molecule has 2 rings (SSSR count). The molecule has 0 heterocycles. The van der Waals surface area contributed by atoms with Crippen LogP contribution in [0.3, 0.4) is 0 Å². The SMILES string of the molecule is CCc1ccccc1NC(=O)CNC(=O)C(C)Oc1ccc(Br)cc1. The van der Waals surface area contributed by atoms with Crippen LogP contribution in [0.25, 0.3) is 0 Å². The molecule has 132 valence electrons. The molecular formula is C19H21BrN2O3. The predicted molar refractivity (Wildman–Crippen MR) is 102 cm³/mol. The van der Waals surface area contributed by atoms with Crippen LogP contribution < -0.4 is 15.4 Å². The van der Waals surface area contributed by atoms with Crippen molar-refractivity contribution in [3.63, 3.8) is 0 Å². The number of para-hydroxylation sites is 1. The Morgan fingerprint density at radius 3 is 2.48 bits per heavy atom. The van der Waals surface area contributed by atoms with Crippen LogP contribution in [0.4, 0.5) is 5.69 Å². The van der Waals surface area contributed by atoms with Crippen molar-refractivity contribution in [2.45, 2.75) is 26.4 Å². The van der Waals surface area contributed by atoms with Gasteiger partial charge in [-0.3, -0.25) is 9.59 Å². The van der Waals surface area contributed by atoms with E-state index in [2.05, 4.69) is 26.6 Å². The molecule has 0 spiro atoms. The number of carbonyl (C=O) groups excluding carboxylic acids is 2. The third-order valence-electron chi connectivity index (χ3n) is 3.59. The summed E-state index contributed by atoms with van der Waals surface area (Å²) in [6.07, 6.45) is 0.123. The molecule has 0 radical (unpaired) electrons. The van der Waals surface area contributed by atoms with E-state index >= 15 is 0 Å². The van der Waals surface area contributed by atoms with E-state index < -0.39 is 6.10 Å². The van der Waals surface area contributed by atoms with Crippen LogP contribution in [0.2, 0.25) is 0 Å². The zero-order valence-corrected chi connectivity index (χ0v) is 15.8. The lowest BCUT2D eigenvalue weighted by molar-refractivity contribution is -0.129. The predicted octanol–water partition coefficient (Wildman–Crippen LogP) is 3.53. The molecule has 5 nitrogen and oxygen atoms in total. The standard InChI is InChI=1S/C19H21BrN2O3/c1-3-14-6-4-5-7-17(14)22-18(23)12-21-19(24)13(2)25-16-10-8-15(20)9-11-16/h4-11,13H,3,12H2,1-2H3,(H,21,24)(H,22,23). The smallest absolute Gasteiger partial charge is 0.261 e. The highest BCUT2D eigenvalue weighted by molar-refractivity contribution is 9.10. The summed E-state index contributed by atoms with van der Waals surface area (Å²) in [5.74, 6) is -0.0286. The topological polar surface area (TPSA) is 67.4 Å². The number of benzene rings is 2. The monoisotopic (exact) mass is 404 g/mol. The van der Waals surface area contributed by atoms with Crippen molar-refractivity contribution in [1.29, 1.82) is 0 Å². The largest absolute Gasteiger partial charge is 0.481 e. The second-order valence-electron chi connectivity index (χ2n) is 5.49. The maximum absolute atomic E-state index is 12.1. The van der Waals surface area contributed by atoms with Crippen LogP contribution in [0.5, 0.6) is 5.75 Å².